The number of benzene rings is 1. The second-order valence-electron chi connectivity index (χ2n) is 7.40. The smallest absolute Gasteiger partial charge is 0.0351 e. The monoisotopic (exact) mass is 284 g/mol. The summed E-state index contributed by atoms with van der Waals surface area (Å²) < 4.78 is 0. The number of nitrogens with one attached hydrogen (secondary N) is 1. The number of piperidine rings is 1. The normalized spacial score (nSPS) is 31.1. The van der Waals surface area contributed by atoms with Crippen molar-refractivity contribution in [1.82, 2.24) is 10.2 Å². The summed E-state index contributed by atoms with van der Waals surface area (Å²) in [6.45, 7) is 5.04. The zero-order valence-electron chi connectivity index (χ0n) is 13.2. The van der Waals surface area contributed by atoms with Gasteiger partial charge in [-0.1, -0.05) is 31.2 Å². The molecular weight excluding hydrogens is 256 g/mol. The van der Waals surface area contributed by atoms with Crippen molar-refractivity contribution in [2.45, 2.75) is 63.6 Å². The molecule has 1 aromatic rings. The molecular formula is C19H28N2. The van der Waals surface area contributed by atoms with Gasteiger partial charge in [-0.25, -0.2) is 0 Å². The summed E-state index contributed by atoms with van der Waals surface area (Å²) in [5.74, 6) is 0.765. The molecule has 2 heteroatoms. The molecule has 1 heterocycles. The summed E-state index contributed by atoms with van der Waals surface area (Å²) in [4.78, 5) is 2.72. The molecule has 0 amide bonds. The number of hydrogen-bond acceptors (Lipinski definition) is 2. The van der Waals surface area contributed by atoms with Crippen molar-refractivity contribution in [1.29, 1.82) is 0 Å². The van der Waals surface area contributed by atoms with Crippen molar-refractivity contribution in [3.05, 3.63) is 35.4 Å². The first-order valence-electron chi connectivity index (χ1n) is 8.89. The van der Waals surface area contributed by atoms with Gasteiger partial charge < -0.3 is 10.2 Å². The molecule has 1 aromatic carbocycles. The van der Waals surface area contributed by atoms with Crippen LogP contribution in [-0.4, -0.2) is 30.1 Å². The first-order valence-corrected chi connectivity index (χ1v) is 8.89. The van der Waals surface area contributed by atoms with Crippen LogP contribution < -0.4 is 5.32 Å². The predicted octanol–water partition coefficient (Wildman–Crippen LogP) is 3.53. The maximum absolute atomic E-state index is 4.02. The van der Waals surface area contributed by atoms with Gasteiger partial charge in [0.15, 0.2) is 0 Å². The SMILES string of the molecule is C[C@@H]1CCc2ccccc2[C@H]1NC1CCN(C2CC2)CC1. The van der Waals surface area contributed by atoms with E-state index in [4.69, 9.17) is 0 Å². The van der Waals surface area contributed by atoms with Crippen LogP contribution in [0.25, 0.3) is 0 Å². The Morgan fingerprint density at radius 2 is 1.76 bits per heavy atom. The van der Waals surface area contributed by atoms with E-state index in [1.165, 1.54) is 51.6 Å². The zero-order valence-corrected chi connectivity index (χ0v) is 13.2. The van der Waals surface area contributed by atoms with E-state index in [1.807, 2.05) is 0 Å². The van der Waals surface area contributed by atoms with E-state index in [9.17, 15) is 0 Å². The number of fused-ring (bicyclic) bond motifs is 1. The van der Waals surface area contributed by atoms with Gasteiger partial charge in [0, 0.05) is 18.1 Å². The van der Waals surface area contributed by atoms with Crippen LogP contribution >= 0.6 is 0 Å². The van der Waals surface area contributed by atoms with Gasteiger partial charge in [-0.05, 0) is 68.7 Å². The highest BCUT2D eigenvalue weighted by molar-refractivity contribution is 5.33. The van der Waals surface area contributed by atoms with Crippen LogP contribution in [0.2, 0.25) is 0 Å². The Bertz CT molecular complexity index is 486. The molecule has 0 spiro atoms. The molecule has 21 heavy (non-hydrogen) atoms. The fourth-order valence-corrected chi connectivity index (χ4v) is 4.30. The molecule has 0 radical (unpaired) electrons. The molecule has 1 saturated heterocycles. The molecule has 0 aromatic heterocycles. The standard InChI is InChI=1S/C19H28N2/c1-14-6-7-15-4-2-3-5-18(15)19(14)20-16-10-12-21(13-11-16)17-8-9-17/h2-5,14,16-17,19-20H,6-13H2,1H3/t14-,19+/m1/s1. The summed E-state index contributed by atoms with van der Waals surface area (Å²) >= 11 is 0. The van der Waals surface area contributed by atoms with E-state index >= 15 is 0 Å². The van der Waals surface area contributed by atoms with E-state index in [0.717, 1.165) is 18.0 Å². The van der Waals surface area contributed by atoms with Crippen molar-refractivity contribution in [3.63, 3.8) is 0 Å². The summed E-state index contributed by atoms with van der Waals surface area (Å²) in [7, 11) is 0. The van der Waals surface area contributed by atoms with Crippen LogP contribution in [0.4, 0.5) is 0 Å². The lowest BCUT2D eigenvalue weighted by molar-refractivity contribution is 0.173. The minimum atomic E-state index is 0.576. The van der Waals surface area contributed by atoms with Crippen LogP contribution in [0.5, 0.6) is 0 Å². The van der Waals surface area contributed by atoms with Gasteiger partial charge in [0.05, 0.1) is 0 Å². The van der Waals surface area contributed by atoms with Gasteiger partial charge in [0.1, 0.15) is 0 Å². The Labute approximate surface area is 128 Å². The van der Waals surface area contributed by atoms with Gasteiger partial charge in [-0.3, -0.25) is 0 Å². The molecule has 1 N–H and O–H groups in total. The van der Waals surface area contributed by atoms with E-state index in [2.05, 4.69) is 41.4 Å². The Kier molecular flexibility index (Phi) is 3.76. The largest absolute Gasteiger partial charge is 0.307 e. The number of rotatable bonds is 3. The minimum Gasteiger partial charge on any atom is -0.307 e. The van der Waals surface area contributed by atoms with E-state index < -0.39 is 0 Å². The third-order valence-electron chi connectivity index (χ3n) is 5.84. The molecule has 2 aliphatic carbocycles. The Balaban J connectivity index is 1.42. The van der Waals surface area contributed by atoms with E-state index in [1.54, 1.807) is 11.1 Å². The highest BCUT2D eigenvalue weighted by atomic mass is 15.2. The lowest BCUT2D eigenvalue weighted by Gasteiger charge is -2.38. The number of hydrogen-bond donors (Lipinski definition) is 1. The first-order chi connectivity index (χ1) is 10.3. The molecule has 4 rings (SSSR count). The predicted molar refractivity (Wildman–Crippen MR) is 87.4 cm³/mol. The Morgan fingerprint density at radius 1 is 1.00 bits per heavy atom. The number of likely N-dealkylation sites (tertiary alicyclic amines) is 1. The van der Waals surface area contributed by atoms with Gasteiger partial charge in [-0.2, -0.15) is 0 Å². The van der Waals surface area contributed by atoms with Gasteiger partial charge in [-0.15, -0.1) is 0 Å². The molecule has 2 fully saturated rings. The van der Waals surface area contributed by atoms with Crippen molar-refractivity contribution >= 4 is 0 Å². The quantitative estimate of drug-likeness (QED) is 0.913. The Hall–Kier alpha value is -0.860. The van der Waals surface area contributed by atoms with Gasteiger partial charge in [0.2, 0.25) is 0 Å². The molecule has 2 nitrogen and oxygen atoms in total. The van der Waals surface area contributed by atoms with Gasteiger partial charge >= 0.3 is 0 Å². The van der Waals surface area contributed by atoms with Crippen LogP contribution in [0.3, 0.4) is 0 Å². The fraction of sp³-hybridized carbons (Fsp3) is 0.684. The average Bonchev–Trinajstić information content (AvgIpc) is 3.36. The van der Waals surface area contributed by atoms with Gasteiger partial charge in [0.25, 0.3) is 0 Å². The van der Waals surface area contributed by atoms with Crippen LogP contribution in [0.1, 0.15) is 56.2 Å². The highest BCUT2D eigenvalue weighted by Crippen LogP contribution is 2.35. The fourth-order valence-electron chi connectivity index (χ4n) is 4.30. The number of aryl methyl sites for hydroxylation is 1. The molecule has 1 aliphatic heterocycles. The maximum atomic E-state index is 4.02. The summed E-state index contributed by atoms with van der Waals surface area (Å²) in [6, 6.07) is 11.3. The summed E-state index contributed by atoms with van der Waals surface area (Å²) in [6.07, 6.45) is 8.16. The summed E-state index contributed by atoms with van der Waals surface area (Å²) in [5, 5.41) is 4.02. The van der Waals surface area contributed by atoms with E-state index in [0.29, 0.717) is 6.04 Å². The van der Waals surface area contributed by atoms with Crippen LogP contribution in [0.15, 0.2) is 24.3 Å². The van der Waals surface area contributed by atoms with Crippen LogP contribution in [0, 0.1) is 5.92 Å². The van der Waals surface area contributed by atoms with Crippen molar-refractivity contribution in [3.8, 4) is 0 Å². The van der Waals surface area contributed by atoms with Crippen LogP contribution in [-0.2, 0) is 6.42 Å². The minimum absolute atomic E-state index is 0.576. The molecule has 0 bridgehead atoms. The maximum Gasteiger partial charge on any atom is 0.0351 e. The second kappa shape index (κ2) is 5.73. The van der Waals surface area contributed by atoms with Crippen molar-refractivity contribution in [2.75, 3.05) is 13.1 Å². The Morgan fingerprint density at radius 3 is 2.52 bits per heavy atom. The molecule has 2 atom stereocenters. The molecule has 0 unspecified atom stereocenters. The summed E-state index contributed by atoms with van der Waals surface area (Å²) in [5.41, 5.74) is 3.14. The highest BCUT2D eigenvalue weighted by Gasteiger charge is 2.33. The zero-order chi connectivity index (χ0) is 14.2. The molecule has 1 saturated carbocycles. The van der Waals surface area contributed by atoms with Crippen molar-refractivity contribution < 1.29 is 0 Å². The van der Waals surface area contributed by atoms with Crippen molar-refractivity contribution in [2.24, 2.45) is 5.92 Å². The first kappa shape index (κ1) is 13.8. The average molecular weight is 284 g/mol. The van der Waals surface area contributed by atoms with E-state index in [-0.39, 0.29) is 0 Å². The molecule has 114 valence electrons. The topological polar surface area (TPSA) is 15.3 Å². The number of nitrogens with zero attached hydrogens (tertiary/aromatic N) is 1. The second-order valence-corrected chi connectivity index (χ2v) is 7.40. The lowest BCUT2D eigenvalue weighted by Crippen LogP contribution is -2.46. The molecule has 3 aliphatic rings. The lowest BCUT2D eigenvalue weighted by atomic mass is 9.80. The third kappa shape index (κ3) is 2.89. The third-order valence-corrected chi connectivity index (χ3v) is 5.84.